The van der Waals surface area contributed by atoms with E-state index in [4.69, 9.17) is 10.1 Å². The molecule has 4 aliphatic rings. The van der Waals surface area contributed by atoms with E-state index in [9.17, 15) is 4.79 Å². The highest BCUT2D eigenvalue weighted by Crippen LogP contribution is 2.59. The van der Waals surface area contributed by atoms with Crippen molar-refractivity contribution in [3.8, 4) is 0 Å². The molecule has 3 heterocycles. The summed E-state index contributed by atoms with van der Waals surface area (Å²) >= 11 is 0. The number of nitrogens with zero attached hydrogens (tertiary/aromatic N) is 2. The first-order chi connectivity index (χ1) is 12.5. The van der Waals surface area contributed by atoms with Crippen LogP contribution in [0.3, 0.4) is 0 Å². The van der Waals surface area contributed by atoms with Gasteiger partial charge in [0.2, 0.25) is 11.8 Å². The van der Waals surface area contributed by atoms with E-state index < -0.39 is 0 Å². The van der Waals surface area contributed by atoms with Gasteiger partial charge in [-0.1, -0.05) is 12.2 Å². The fourth-order valence-corrected chi connectivity index (χ4v) is 4.73. The summed E-state index contributed by atoms with van der Waals surface area (Å²) in [6, 6.07) is 0.0427. The first kappa shape index (κ1) is 17.4. The maximum atomic E-state index is 12.4. The van der Waals surface area contributed by atoms with Gasteiger partial charge in [-0.2, -0.15) is 0 Å². The van der Waals surface area contributed by atoms with Crippen LogP contribution in [-0.2, 0) is 9.53 Å². The van der Waals surface area contributed by atoms with Gasteiger partial charge in [0.25, 0.3) is 0 Å². The van der Waals surface area contributed by atoms with E-state index in [0.717, 1.165) is 31.8 Å². The van der Waals surface area contributed by atoms with Crippen LogP contribution in [0.15, 0.2) is 17.1 Å². The summed E-state index contributed by atoms with van der Waals surface area (Å²) in [6.45, 7) is 5.88. The Kier molecular flexibility index (Phi) is 4.40. The average molecular weight is 359 g/mol. The van der Waals surface area contributed by atoms with Crippen LogP contribution in [0.2, 0.25) is 0 Å². The summed E-state index contributed by atoms with van der Waals surface area (Å²) in [5, 5.41) is 13.8. The molecule has 3 N–H and O–H groups in total. The van der Waals surface area contributed by atoms with Crippen LogP contribution in [0.1, 0.15) is 39.5 Å². The van der Waals surface area contributed by atoms with Crippen molar-refractivity contribution in [2.75, 3.05) is 19.6 Å². The van der Waals surface area contributed by atoms with Crippen molar-refractivity contribution in [1.29, 1.82) is 5.41 Å². The second-order valence-corrected chi connectivity index (χ2v) is 8.06. The third kappa shape index (κ3) is 3.08. The van der Waals surface area contributed by atoms with Crippen molar-refractivity contribution >= 4 is 17.8 Å². The molecular formula is C19H29N5O2. The molecule has 0 aromatic rings. The molecule has 4 rings (SSSR count). The quantitative estimate of drug-likeness (QED) is 0.662. The lowest BCUT2D eigenvalue weighted by atomic mass is 9.78. The van der Waals surface area contributed by atoms with Crippen LogP contribution in [0.25, 0.3) is 0 Å². The number of hydrogen-bond donors (Lipinski definition) is 3. The molecular weight excluding hydrogens is 330 g/mol. The fourth-order valence-electron chi connectivity index (χ4n) is 4.73. The molecule has 1 saturated carbocycles. The lowest BCUT2D eigenvalue weighted by Gasteiger charge is -2.45. The van der Waals surface area contributed by atoms with E-state index in [0.29, 0.717) is 23.8 Å². The topological polar surface area (TPSA) is 89.8 Å². The zero-order valence-electron chi connectivity index (χ0n) is 15.6. The molecule has 1 amide bonds. The van der Waals surface area contributed by atoms with E-state index in [1.165, 1.54) is 12.8 Å². The van der Waals surface area contributed by atoms with E-state index in [1.807, 2.05) is 4.90 Å². The number of nitrogens with one attached hydrogen (secondary N) is 3. The zero-order valence-corrected chi connectivity index (χ0v) is 15.6. The molecule has 0 aromatic carbocycles. The maximum Gasteiger partial charge on any atom is 0.220 e. The lowest BCUT2D eigenvalue weighted by Crippen LogP contribution is -2.56. The van der Waals surface area contributed by atoms with Gasteiger partial charge >= 0.3 is 0 Å². The fraction of sp³-hybridized carbons (Fsp3) is 0.737. The first-order valence-electron chi connectivity index (χ1n) is 9.72. The number of ether oxygens (including phenoxy) is 1. The predicted molar refractivity (Wildman–Crippen MR) is 100 cm³/mol. The van der Waals surface area contributed by atoms with Crippen LogP contribution in [0, 0.1) is 16.7 Å². The Morgan fingerprint density at radius 1 is 1.46 bits per heavy atom. The number of guanidine groups is 1. The van der Waals surface area contributed by atoms with Crippen molar-refractivity contribution in [3.05, 3.63) is 12.2 Å². The Labute approximate surface area is 154 Å². The smallest absolute Gasteiger partial charge is 0.220 e. The molecule has 0 bridgehead atoms. The van der Waals surface area contributed by atoms with Gasteiger partial charge < -0.3 is 20.3 Å². The molecule has 0 radical (unpaired) electrons. The minimum atomic E-state index is -0.0480. The Hall–Kier alpha value is -2.05. The monoisotopic (exact) mass is 359 g/mol. The largest absolute Gasteiger partial charge is 0.474 e. The number of aliphatic imine (C=N–C) groups is 1. The number of carbonyl (C=O) groups is 1. The van der Waals surface area contributed by atoms with Gasteiger partial charge in [0, 0.05) is 38.9 Å². The van der Waals surface area contributed by atoms with Crippen molar-refractivity contribution < 1.29 is 9.53 Å². The molecule has 1 spiro atoms. The molecule has 7 nitrogen and oxygen atoms in total. The van der Waals surface area contributed by atoms with E-state index >= 15 is 0 Å². The molecule has 2 saturated heterocycles. The third-order valence-corrected chi connectivity index (χ3v) is 6.39. The van der Waals surface area contributed by atoms with E-state index in [-0.39, 0.29) is 24.1 Å². The van der Waals surface area contributed by atoms with E-state index in [2.05, 4.69) is 34.7 Å². The number of piperidine rings is 1. The summed E-state index contributed by atoms with van der Waals surface area (Å²) in [6.07, 6.45) is 8.62. The van der Waals surface area contributed by atoms with Crippen LogP contribution >= 0.6 is 0 Å². The van der Waals surface area contributed by atoms with Crippen LogP contribution in [-0.4, -0.2) is 60.5 Å². The normalized spacial score (nSPS) is 35.7. The molecule has 1 aliphatic carbocycles. The Balaban J connectivity index is 1.52. The highest BCUT2D eigenvalue weighted by atomic mass is 16.5. The summed E-state index contributed by atoms with van der Waals surface area (Å²) in [5.74, 6) is 1.61. The minimum absolute atomic E-state index is 0.00456. The number of amides is 1. The second-order valence-electron chi connectivity index (χ2n) is 8.06. The first-order valence-corrected chi connectivity index (χ1v) is 9.72. The number of allylic oxidation sites excluding steroid dienone is 1. The molecule has 142 valence electrons. The number of rotatable bonds is 3. The molecule has 3 fully saturated rings. The Morgan fingerprint density at radius 3 is 2.88 bits per heavy atom. The lowest BCUT2D eigenvalue weighted by molar-refractivity contribution is -0.133. The molecule has 4 atom stereocenters. The number of carbonyl (C=O) groups excluding carboxylic acids is 1. The van der Waals surface area contributed by atoms with Crippen molar-refractivity contribution in [2.24, 2.45) is 16.3 Å². The van der Waals surface area contributed by atoms with Gasteiger partial charge in [0.15, 0.2) is 5.96 Å². The Bertz CT molecular complexity index is 654. The molecule has 1 unspecified atom stereocenters. The zero-order chi connectivity index (χ0) is 18.3. The standard InChI is InChI=1S/C19H29N5O2/c1-3-4-13-11-24(12(2)25)15(9-19(13)6-7-19)17-21-8-5-16(26-17)14-10-22-18(20)23-14/h3-4,13-16H,5-11H2,1-2H3,(H3,20,22,23)/b4-3+/t13-,14-,15-,16?/m0/s1. The van der Waals surface area contributed by atoms with Crippen LogP contribution in [0.4, 0.5) is 0 Å². The summed E-state index contributed by atoms with van der Waals surface area (Å²) in [4.78, 5) is 19.0. The van der Waals surface area contributed by atoms with Gasteiger partial charge in [-0.15, -0.1) is 0 Å². The van der Waals surface area contributed by atoms with Crippen molar-refractivity contribution in [3.63, 3.8) is 0 Å². The Morgan fingerprint density at radius 2 is 2.27 bits per heavy atom. The minimum Gasteiger partial charge on any atom is -0.474 e. The predicted octanol–water partition coefficient (Wildman–Crippen LogP) is 1.26. The van der Waals surface area contributed by atoms with E-state index in [1.54, 1.807) is 6.92 Å². The van der Waals surface area contributed by atoms with Crippen LogP contribution in [0.5, 0.6) is 0 Å². The molecule has 3 aliphatic heterocycles. The highest BCUT2D eigenvalue weighted by molar-refractivity contribution is 5.88. The maximum absolute atomic E-state index is 12.4. The van der Waals surface area contributed by atoms with Crippen molar-refractivity contribution in [1.82, 2.24) is 15.5 Å². The van der Waals surface area contributed by atoms with Gasteiger partial charge in [-0.25, -0.2) is 0 Å². The highest BCUT2D eigenvalue weighted by Gasteiger charge is 2.55. The summed E-state index contributed by atoms with van der Waals surface area (Å²) in [5.41, 5.74) is 0.317. The van der Waals surface area contributed by atoms with Gasteiger partial charge in [0.05, 0.1) is 6.04 Å². The number of hydrogen-bond acceptors (Lipinski definition) is 4. The second kappa shape index (κ2) is 6.59. The van der Waals surface area contributed by atoms with Gasteiger partial charge in [-0.05, 0) is 31.6 Å². The van der Waals surface area contributed by atoms with Crippen LogP contribution < -0.4 is 10.6 Å². The summed E-state index contributed by atoms with van der Waals surface area (Å²) in [7, 11) is 0. The van der Waals surface area contributed by atoms with Gasteiger partial charge in [-0.3, -0.25) is 15.2 Å². The molecule has 0 aromatic heterocycles. The molecule has 7 heteroatoms. The van der Waals surface area contributed by atoms with Gasteiger partial charge in [0.1, 0.15) is 12.1 Å². The average Bonchev–Trinajstić information content (AvgIpc) is 3.26. The molecule has 26 heavy (non-hydrogen) atoms. The third-order valence-electron chi connectivity index (χ3n) is 6.39. The number of likely N-dealkylation sites (tertiary alicyclic amines) is 1. The SMILES string of the molecule is C/C=C/[C@H]1CN(C(C)=O)[C@H](C2=NCCC([C@@H]3CNC(=N)N3)O2)CC12CC2. The van der Waals surface area contributed by atoms with Crippen molar-refractivity contribution in [2.45, 2.75) is 57.7 Å². The summed E-state index contributed by atoms with van der Waals surface area (Å²) < 4.78 is 6.29.